The first-order valence-corrected chi connectivity index (χ1v) is 8.94. The summed E-state index contributed by atoms with van der Waals surface area (Å²) in [5.41, 5.74) is 0.307. The van der Waals surface area contributed by atoms with Crippen molar-refractivity contribution in [2.75, 3.05) is 13.1 Å². The summed E-state index contributed by atoms with van der Waals surface area (Å²) >= 11 is 5.45. The molecule has 106 valence electrons. The molecule has 0 bridgehead atoms. The molecule has 1 saturated carbocycles. The molecule has 2 fully saturated rings. The third kappa shape index (κ3) is 3.07. The second-order valence-corrected chi connectivity index (χ2v) is 8.81. The predicted octanol–water partition coefficient (Wildman–Crippen LogP) is 3.86. The van der Waals surface area contributed by atoms with Crippen molar-refractivity contribution in [1.82, 2.24) is 10.2 Å². The molecule has 0 spiro atoms. The van der Waals surface area contributed by atoms with Crippen LogP contribution in [0.2, 0.25) is 0 Å². The van der Waals surface area contributed by atoms with Gasteiger partial charge in [0.2, 0.25) is 0 Å². The van der Waals surface area contributed by atoms with Crippen LogP contribution in [-0.2, 0) is 6.54 Å². The number of rotatable bonds is 4. The van der Waals surface area contributed by atoms with E-state index in [1.165, 1.54) is 34.5 Å². The number of hydrogen-bond donors (Lipinski definition) is 1. The zero-order valence-corrected chi connectivity index (χ0v) is 14.2. The third-order valence-electron chi connectivity index (χ3n) is 4.85. The van der Waals surface area contributed by atoms with Gasteiger partial charge in [-0.2, -0.15) is 0 Å². The second-order valence-electron chi connectivity index (χ2n) is 6.26. The average molecular weight is 343 g/mol. The fourth-order valence-corrected chi connectivity index (χ4v) is 4.53. The van der Waals surface area contributed by atoms with Gasteiger partial charge in [0.25, 0.3) is 0 Å². The molecule has 4 heteroatoms. The number of hydrogen-bond acceptors (Lipinski definition) is 3. The van der Waals surface area contributed by atoms with Crippen molar-refractivity contribution >= 4 is 27.3 Å². The molecule has 3 rings (SSSR count). The van der Waals surface area contributed by atoms with E-state index in [0.29, 0.717) is 5.54 Å². The van der Waals surface area contributed by atoms with Crippen LogP contribution in [0.25, 0.3) is 0 Å². The molecule has 2 unspecified atom stereocenters. The molecular formula is C15H23BrN2S. The van der Waals surface area contributed by atoms with Crippen LogP contribution >= 0.6 is 27.3 Å². The number of nitrogens with zero attached hydrogens (tertiary/aromatic N) is 1. The molecule has 0 radical (unpaired) electrons. The zero-order chi connectivity index (χ0) is 13.5. The molecule has 2 heterocycles. The lowest BCUT2D eigenvalue weighted by Crippen LogP contribution is -2.63. The third-order valence-corrected chi connectivity index (χ3v) is 6.46. The van der Waals surface area contributed by atoms with Crippen molar-refractivity contribution in [3.05, 3.63) is 20.8 Å². The van der Waals surface area contributed by atoms with E-state index >= 15 is 0 Å². The quantitative estimate of drug-likeness (QED) is 0.893. The van der Waals surface area contributed by atoms with Crippen LogP contribution in [0.5, 0.6) is 0 Å². The summed E-state index contributed by atoms with van der Waals surface area (Å²) in [7, 11) is 0. The number of halogens is 1. The first-order chi connectivity index (χ1) is 9.10. The summed E-state index contributed by atoms with van der Waals surface area (Å²) in [4.78, 5) is 4.19. The van der Waals surface area contributed by atoms with Gasteiger partial charge >= 0.3 is 0 Å². The van der Waals surface area contributed by atoms with E-state index in [-0.39, 0.29) is 0 Å². The standard InChI is InChI=1S/C15H23BrN2S/c1-3-15(2)10-17-13(11-4-5-11)9-18(15)8-12-6-7-14(16)19-12/h6-7,11,13,17H,3-5,8-10H2,1-2H3. The van der Waals surface area contributed by atoms with E-state index in [2.05, 4.69) is 52.1 Å². The summed E-state index contributed by atoms with van der Waals surface area (Å²) in [6.45, 7) is 8.18. The van der Waals surface area contributed by atoms with Gasteiger partial charge in [0.1, 0.15) is 0 Å². The van der Waals surface area contributed by atoms with Crippen LogP contribution in [0.15, 0.2) is 15.9 Å². The predicted molar refractivity (Wildman–Crippen MR) is 85.6 cm³/mol. The van der Waals surface area contributed by atoms with Crippen molar-refractivity contribution in [2.24, 2.45) is 5.92 Å². The maximum absolute atomic E-state index is 3.80. The minimum Gasteiger partial charge on any atom is -0.311 e. The van der Waals surface area contributed by atoms with Gasteiger partial charge in [-0.3, -0.25) is 4.90 Å². The molecule has 1 N–H and O–H groups in total. The van der Waals surface area contributed by atoms with E-state index in [1.54, 1.807) is 0 Å². The Hall–Kier alpha value is 0.1000. The lowest BCUT2D eigenvalue weighted by molar-refractivity contribution is 0.0378. The Morgan fingerprint density at radius 2 is 2.26 bits per heavy atom. The molecule has 1 aromatic heterocycles. The minimum atomic E-state index is 0.307. The molecule has 0 aromatic carbocycles. The normalized spacial score (nSPS) is 32.7. The maximum atomic E-state index is 3.80. The van der Waals surface area contributed by atoms with E-state index in [4.69, 9.17) is 0 Å². The van der Waals surface area contributed by atoms with Crippen molar-refractivity contribution in [3.8, 4) is 0 Å². The Morgan fingerprint density at radius 1 is 1.47 bits per heavy atom. The SMILES string of the molecule is CCC1(C)CNC(C2CC2)CN1Cc1ccc(Br)s1. The fourth-order valence-electron chi connectivity index (χ4n) is 3.03. The van der Waals surface area contributed by atoms with Gasteiger partial charge in [0, 0.05) is 36.1 Å². The van der Waals surface area contributed by atoms with Crippen molar-refractivity contribution in [2.45, 2.75) is 51.2 Å². The van der Waals surface area contributed by atoms with Crippen molar-refractivity contribution < 1.29 is 0 Å². The van der Waals surface area contributed by atoms with E-state index in [0.717, 1.165) is 25.0 Å². The molecule has 1 saturated heterocycles. The fraction of sp³-hybridized carbons (Fsp3) is 0.733. The van der Waals surface area contributed by atoms with Crippen LogP contribution in [0.4, 0.5) is 0 Å². The molecule has 2 atom stereocenters. The molecule has 1 aliphatic heterocycles. The molecule has 1 aromatic rings. The van der Waals surface area contributed by atoms with Crippen LogP contribution in [0, 0.1) is 5.92 Å². The monoisotopic (exact) mass is 342 g/mol. The number of nitrogens with one attached hydrogen (secondary N) is 1. The summed E-state index contributed by atoms with van der Waals surface area (Å²) in [6.07, 6.45) is 4.07. The van der Waals surface area contributed by atoms with Crippen LogP contribution in [-0.4, -0.2) is 29.6 Å². The second kappa shape index (κ2) is 5.47. The van der Waals surface area contributed by atoms with Crippen LogP contribution < -0.4 is 5.32 Å². The molecule has 1 aliphatic carbocycles. The first-order valence-electron chi connectivity index (χ1n) is 7.33. The Balaban J connectivity index is 1.72. The maximum Gasteiger partial charge on any atom is 0.0701 e. The molecule has 0 amide bonds. The number of thiophene rings is 1. The highest BCUT2D eigenvalue weighted by atomic mass is 79.9. The minimum absolute atomic E-state index is 0.307. The van der Waals surface area contributed by atoms with Gasteiger partial charge < -0.3 is 5.32 Å². The Kier molecular flexibility index (Phi) is 4.05. The Morgan fingerprint density at radius 3 is 2.84 bits per heavy atom. The number of piperazine rings is 1. The highest BCUT2D eigenvalue weighted by Crippen LogP contribution is 2.37. The van der Waals surface area contributed by atoms with E-state index in [9.17, 15) is 0 Å². The van der Waals surface area contributed by atoms with Crippen molar-refractivity contribution in [1.29, 1.82) is 0 Å². The van der Waals surface area contributed by atoms with Gasteiger partial charge in [-0.1, -0.05) is 6.92 Å². The topological polar surface area (TPSA) is 15.3 Å². The van der Waals surface area contributed by atoms with Crippen LogP contribution in [0.3, 0.4) is 0 Å². The van der Waals surface area contributed by atoms with Crippen molar-refractivity contribution in [3.63, 3.8) is 0 Å². The summed E-state index contributed by atoms with van der Waals surface area (Å²) < 4.78 is 1.24. The zero-order valence-electron chi connectivity index (χ0n) is 11.8. The van der Waals surface area contributed by atoms with Gasteiger partial charge in [0.15, 0.2) is 0 Å². The molecular weight excluding hydrogens is 320 g/mol. The Labute approximate surface area is 128 Å². The average Bonchev–Trinajstić information content (AvgIpc) is 3.16. The van der Waals surface area contributed by atoms with Gasteiger partial charge in [-0.25, -0.2) is 0 Å². The van der Waals surface area contributed by atoms with E-state index < -0.39 is 0 Å². The Bertz CT molecular complexity index is 443. The highest BCUT2D eigenvalue weighted by Gasteiger charge is 2.41. The lowest BCUT2D eigenvalue weighted by Gasteiger charge is -2.48. The van der Waals surface area contributed by atoms with Gasteiger partial charge in [0.05, 0.1) is 3.79 Å². The first kappa shape index (κ1) is 14.1. The highest BCUT2D eigenvalue weighted by molar-refractivity contribution is 9.11. The smallest absolute Gasteiger partial charge is 0.0701 e. The molecule has 19 heavy (non-hydrogen) atoms. The summed E-state index contributed by atoms with van der Waals surface area (Å²) in [5, 5.41) is 3.80. The molecule has 2 aliphatic rings. The lowest BCUT2D eigenvalue weighted by atomic mass is 9.91. The van der Waals surface area contributed by atoms with Gasteiger partial charge in [-0.15, -0.1) is 11.3 Å². The summed E-state index contributed by atoms with van der Waals surface area (Å²) in [6, 6.07) is 5.16. The molecule has 2 nitrogen and oxygen atoms in total. The van der Waals surface area contributed by atoms with Crippen LogP contribution in [0.1, 0.15) is 38.0 Å². The van der Waals surface area contributed by atoms with E-state index in [1.807, 2.05) is 11.3 Å². The van der Waals surface area contributed by atoms with Gasteiger partial charge in [-0.05, 0) is 60.2 Å². The summed E-state index contributed by atoms with van der Waals surface area (Å²) in [5.74, 6) is 0.943. The largest absolute Gasteiger partial charge is 0.311 e.